The van der Waals surface area contributed by atoms with Crippen LogP contribution in [0.25, 0.3) is 6.08 Å². The molecule has 1 atom stereocenters. The predicted octanol–water partition coefficient (Wildman–Crippen LogP) is 2.63. The third-order valence-electron chi connectivity index (χ3n) is 4.13. The van der Waals surface area contributed by atoms with Gasteiger partial charge < -0.3 is 4.74 Å². The molecule has 2 rings (SSSR count). The lowest BCUT2D eigenvalue weighted by Crippen LogP contribution is -2.46. The van der Waals surface area contributed by atoms with E-state index >= 15 is 0 Å². The summed E-state index contributed by atoms with van der Waals surface area (Å²) in [7, 11) is 1.71. The van der Waals surface area contributed by atoms with E-state index in [1.165, 1.54) is 10.8 Å². The van der Waals surface area contributed by atoms with Crippen molar-refractivity contribution in [1.82, 2.24) is 20.6 Å². The van der Waals surface area contributed by atoms with Crippen LogP contribution in [0.2, 0.25) is 5.15 Å². The normalized spacial score (nSPS) is 12.1. The van der Waals surface area contributed by atoms with Gasteiger partial charge in [0.2, 0.25) is 0 Å². The molecule has 0 aliphatic rings. The second-order valence-corrected chi connectivity index (χ2v) is 6.54. The number of amides is 2. The first-order chi connectivity index (χ1) is 12.7. The van der Waals surface area contributed by atoms with Gasteiger partial charge in [0, 0.05) is 18.7 Å². The van der Waals surface area contributed by atoms with Gasteiger partial charge in [-0.1, -0.05) is 23.7 Å². The number of ether oxygens (including phenoxy) is 1. The van der Waals surface area contributed by atoms with E-state index in [0.717, 1.165) is 11.1 Å². The average molecular weight is 391 g/mol. The highest BCUT2D eigenvalue weighted by molar-refractivity contribution is 6.31. The van der Waals surface area contributed by atoms with E-state index < -0.39 is 17.9 Å². The third-order valence-corrected chi connectivity index (χ3v) is 4.58. The Bertz CT molecular complexity index is 889. The fourth-order valence-electron chi connectivity index (χ4n) is 2.36. The van der Waals surface area contributed by atoms with E-state index in [4.69, 9.17) is 16.3 Å². The van der Waals surface area contributed by atoms with Crippen molar-refractivity contribution < 1.29 is 14.3 Å². The van der Waals surface area contributed by atoms with Crippen LogP contribution in [0.1, 0.15) is 29.3 Å². The van der Waals surface area contributed by atoms with Crippen LogP contribution in [0.5, 0.6) is 5.75 Å². The van der Waals surface area contributed by atoms with Crippen molar-refractivity contribution >= 4 is 29.5 Å². The number of rotatable bonds is 5. The van der Waals surface area contributed by atoms with Crippen LogP contribution < -0.4 is 15.6 Å². The van der Waals surface area contributed by atoms with Crippen molar-refractivity contribution in [2.45, 2.75) is 33.8 Å². The number of halogens is 1. The quantitative estimate of drug-likeness (QED) is 0.607. The minimum atomic E-state index is -0.773. The van der Waals surface area contributed by atoms with Gasteiger partial charge in [-0.2, -0.15) is 5.10 Å². The monoisotopic (exact) mass is 390 g/mol. The number of aryl methyl sites for hydroxylation is 3. The minimum Gasteiger partial charge on any atom is -0.481 e. The van der Waals surface area contributed by atoms with Gasteiger partial charge in [0.25, 0.3) is 11.8 Å². The first-order valence-corrected chi connectivity index (χ1v) is 8.78. The Morgan fingerprint density at radius 1 is 1.26 bits per heavy atom. The molecule has 0 spiro atoms. The van der Waals surface area contributed by atoms with E-state index in [0.29, 0.717) is 22.2 Å². The van der Waals surface area contributed by atoms with E-state index in [-0.39, 0.29) is 0 Å². The van der Waals surface area contributed by atoms with E-state index in [1.807, 2.05) is 26.0 Å². The van der Waals surface area contributed by atoms with Crippen molar-refractivity contribution in [3.63, 3.8) is 0 Å². The Labute approximate surface area is 163 Å². The zero-order valence-electron chi connectivity index (χ0n) is 16.0. The van der Waals surface area contributed by atoms with Gasteiger partial charge in [-0.05, 0) is 51.0 Å². The maximum Gasteiger partial charge on any atom is 0.279 e. The van der Waals surface area contributed by atoms with Gasteiger partial charge >= 0.3 is 0 Å². The lowest BCUT2D eigenvalue weighted by atomic mass is 10.1. The zero-order chi connectivity index (χ0) is 20.1. The molecule has 0 saturated carbocycles. The van der Waals surface area contributed by atoms with E-state index in [2.05, 4.69) is 16.0 Å². The Kier molecular flexibility index (Phi) is 6.63. The molecule has 0 fully saturated rings. The molecule has 0 aliphatic carbocycles. The van der Waals surface area contributed by atoms with Crippen molar-refractivity contribution in [3.8, 4) is 5.75 Å². The molecule has 0 radical (unpaired) electrons. The molecule has 0 saturated heterocycles. The number of hydrogen-bond donors (Lipinski definition) is 2. The summed E-state index contributed by atoms with van der Waals surface area (Å²) in [6, 6.07) is 5.63. The summed E-state index contributed by atoms with van der Waals surface area (Å²) in [4.78, 5) is 24.0. The summed E-state index contributed by atoms with van der Waals surface area (Å²) in [6.45, 7) is 7.29. The number of benzene rings is 1. The molecule has 27 heavy (non-hydrogen) atoms. The third kappa shape index (κ3) is 5.10. The van der Waals surface area contributed by atoms with Crippen molar-refractivity contribution in [2.24, 2.45) is 7.05 Å². The number of hydrazine groups is 1. The van der Waals surface area contributed by atoms with Crippen LogP contribution in [0, 0.1) is 20.8 Å². The van der Waals surface area contributed by atoms with Gasteiger partial charge in [0.05, 0.1) is 5.69 Å². The molecule has 144 valence electrons. The van der Waals surface area contributed by atoms with Crippen LogP contribution in [-0.2, 0) is 16.6 Å². The SMILES string of the molecule is Cc1cccc(OC(C)C(=O)NNC(=O)/C=C/c2c(C)nn(C)c2Cl)c1C. The molecule has 2 amide bonds. The number of aromatic nitrogens is 2. The Hall–Kier alpha value is -2.80. The number of nitrogens with one attached hydrogen (secondary N) is 2. The molecular formula is C19H23ClN4O3. The lowest BCUT2D eigenvalue weighted by molar-refractivity contribution is -0.131. The first kappa shape index (κ1) is 20.5. The molecule has 1 heterocycles. The van der Waals surface area contributed by atoms with Crippen molar-refractivity contribution in [2.75, 3.05) is 0 Å². The fraction of sp³-hybridized carbons (Fsp3) is 0.316. The molecule has 1 aromatic heterocycles. The second-order valence-electron chi connectivity index (χ2n) is 6.18. The maximum atomic E-state index is 12.1. The Balaban J connectivity index is 1.89. The topological polar surface area (TPSA) is 85.2 Å². The largest absolute Gasteiger partial charge is 0.481 e. The summed E-state index contributed by atoms with van der Waals surface area (Å²) in [5, 5.41) is 4.58. The number of hydrogen-bond acceptors (Lipinski definition) is 4. The number of carbonyl (C=O) groups excluding carboxylic acids is 2. The van der Waals surface area contributed by atoms with Crippen LogP contribution >= 0.6 is 11.6 Å². The Morgan fingerprint density at radius 3 is 2.59 bits per heavy atom. The summed E-state index contributed by atoms with van der Waals surface area (Å²) >= 11 is 6.10. The van der Waals surface area contributed by atoms with Crippen LogP contribution in [0.15, 0.2) is 24.3 Å². The van der Waals surface area contributed by atoms with Gasteiger partial charge in [-0.3, -0.25) is 25.1 Å². The zero-order valence-corrected chi connectivity index (χ0v) is 16.7. The Morgan fingerprint density at radius 2 is 1.96 bits per heavy atom. The summed E-state index contributed by atoms with van der Waals surface area (Å²) in [5.41, 5.74) is 8.04. The fourth-order valence-corrected chi connectivity index (χ4v) is 2.59. The average Bonchev–Trinajstić information content (AvgIpc) is 2.86. The molecule has 7 nitrogen and oxygen atoms in total. The highest BCUT2D eigenvalue weighted by Crippen LogP contribution is 2.22. The lowest BCUT2D eigenvalue weighted by Gasteiger charge is -2.17. The molecule has 1 unspecified atom stereocenters. The first-order valence-electron chi connectivity index (χ1n) is 8.40. The second kappa shape index (κ2) is 8.73. The highest BCUT2D eigenvalue weighted by Gasteiger charge is 2.16. The standard InChI is InChI=1S/C19H23ClN4O3/c1-11-7-6-8-16(12(11)2)27-14(4)19(26)22-21-17(25)10-9-15-13(3)23-24(5)18(15)20/h6-10,14H,1-5H3,(H,21,25)(H,22,26)/b10-9+. The van der Waals surface area contributed by atoms with Crippen molar-refractivity contribution in [3.05, 3.63) is 51.8 Å². The van der Waals surface area contributed by atoms with Gasteiger partial charge in [-0.25, -0.2) is 0 Å². The van der Waals surface area contributed by atoms with Crippen LogP contribution in [0.3, 0.4) is 0 Å². The van der Waals surface area contributed by atoms with Gasteiger partial charge in [0.1, 0.15) is 10.9 Å². The smallest absolute Gasteiger partial charge is 0.279 e. The number of carbonyl (C=O) groups is 2. The summed E-state index contributed by atoms with van der Waals surface area (Å²) < 4.78 is 7.19. The predicted molar refractivity (Wildman–Crippen MR) is 104 cm³/mol. The molecular weight excluding hydrogens is 368 g/mol. The van der Waals surface area contributed by atoms with Crippen LogP contribution in [0.4, 0.5) is 0 Å². The maximum absolute atomic E-state index is 12.1. The highest BCUT2D eigenvalue weighted by atomic mass is 35.5. The van der Waals surface area contributed by atoms with Crippen molar-refractivity contribution in [1.29, 1.82) is 0 Å². The molecule has 8 heteroatoms. The summed E-state index contributed by atoms with van der Waals surface area (Å²) in [6.07, 6.45) is 2.04. The van der Waals surface area contributed by atoms with Crippen LogP contribution in [-0.4, -0.2) is 27.7 Å². The molecule has 0 aliphatic heterocycles. The molecule has 2 N–H and O–H groups in total. The van der Waals surface area contributed by atoms with Gasteiger partial charge in [-0.15, -0.1) is 0 Å². The minimum absolute atomic E-state index is 0.427. The van der Waals surface area contributed by atoms with Gasteiger partial charge in [0.15, 0.2) is 6.10 Å². The summed E-state index contributed by atoms with van der Waals surface area (Å²) in [5.74, 6) is -0.333. The molecule has 0 bridgehead atoms. The number of nitrogens with zero attached hydrogens (tertiary/aromatic N) is 2. The molecule has 2 aromatic rings. The van der Waals surface area contributed by atoms with E-state index in [9.17, 15) is 9.59 Å². The van der Waals surface area contributed by atoms with E-state index in [1.54, 1.807) is 33.0 Å². The molecule has 1 aromatic carbocycles.